The molecule has 2 aliphatic carbocycles. The molecule has 0 aromatic heterocycles. The van der Waals surface area contributed by atoms with Crippen LogP contribution in [0.25, 0.3) is 0 Å². The SMILES string of the molecule is O=C(NC1CCN(C2CCCC2)C1)c1ccc(CNC(=O)C2CCCC2)cc1. The van der Waals surface area contributed by atoms with E-state index in [2.05, 4.69) is 15.5 Å². The number of carbonyl (C=O) groups is 2. The summed E-state index contributed by atoms with van der Waals surface area (Å²) < 4.78 is 0. The molecule has 1 unspecified atom stereocenters. The quantitative estimate of drug-likeness (QED) is 0.793. The highest BCUT2D eigenvalue weighted by molar-refractivity contribution is 5.94. The lowest BCUT2D eigenvalue weighted by Gasteiger charge is -2.23. The summed E-state index contributed by atoms with van der Waals surface area (Å²) in [4.78, 5) is 27.3. The second kappa shape index (κ2) is 9.08. The van der Waals surface area contributed by atoms with E-state index < -0.39 is 0 Å². The molecule has 2 N–H and O–H groups in total. The van der Waals surface area contributed by atoms with Gasteiger partial charge in [0.1, 0.15) is 0 Å². The van der Waals surface area contributed by atoms with Crippen LogP contribution in [0.15, 0.2) is 24.3 Å². The van der Waals surface area contributed by atoms with Gasteiger partial charge in [-0.15, -0.1) is 0 Å². The Morgan fingerprint density at radius 1 is 0.929 bits per heavy atom. The molecule has 5 heteroatoms. The molecule has 3 fully saturated rings. The minimum Gasteiger partial charge on any atom is -0.352 e. The summed E-state index contributed by atoms with van der Waals surface area (Å²) in [5.74, 6) is 0.382. The molecule has 0 spiro atoms. The maximum atomic E-state index is 12.6. The number of hydrogen-bond donors (Lipinski definition) is 2. The molecule has 1 heterocycles. The highest BCUT2D eigenvalue weighted by Crippen LogP contribution is 2.27. The summed E-state index contributed by atoms with van der Waals surface area (Å²) in [5, 5.41) is 6.24. The van der Waals surface area contributed by atoms with E-state index in [0.29, 0.717) is 12.1 Å². The lowest BCUT2D eigenvalue weighted by Crippen LogP contribution is -2.39. The molecule has 4 rings (SSSR count). The Hall–Kier alpha value is -1.88. The molecule has 1 atom stereocenters. The van der Waals surface area contributed by atoms with Gasteiger partial charge in [0.05, 0.1) is 0 Å². The molecule has 28 heavy (non-hydrogen) atoms. The van der Waals surface area contributed by atoms with Crippen molar-refractivity contribution < 1.29 is 9.59 Å². The molecule has 5 nitrogen and oxygen atoms in total. The summed E-state index contributed by atoms with van der Waals surface area (Å²) in [6.45, 7) is 2.63. The van der Waals surface area contributed by atoms with Gasteiger partial charge in [-0.3, -0.25) is 14.5 Å². The smallest absolute Gasteiger partial charge is 0.251 e. The third-order valence-electron chi connectivity index (χ3n) is 6.80. The fraction of sp³-hybridized carbons (Fsp3) is 0.652. The maximum absolute atomic E-state index is 12.6. The molecule has 0 radical (unpaired) electrons. The number of nitrogens with zero attached hydrogens (tertiary/aromatic N) is 1. The van der Waals surface area contributed by atoms with Gasteiger partial charge in [0.15, 0.2) is 0 Å². The Bertz CT molecular complexity index is 676. The predicted octanol–water partition coefficient (Wildman–Crippen LogP) is 3.24. The summed E-state index contributed by atoms with van der Waals surface area (Å²) in [7, 11) is 0. The van der Waals surface area contributed by atoms with E-state index in [9.17, 15) is 9.59 Å². The van der Waals surface area contributed by atoms with Gasteiger partial charge in [0, 0.05) is 43.2 Å². The minimum atomic E-state index is 0.0137. The van der Waals surface area contributed by atoms with Crippen molar-refractivity contribution in [3.05, 3.63) is 35.4 Å². The number of nitrogens with one attached hydrogen (secondary N) is 2. The van der Waals surface area contributed by atoms with Gasteiger partial charge in [-0.25, -0.2) is 0 Å². The third kappa shape index (κ3) is 4.75. The molecule has 3 aliphatic rings. The van der Waals surface area contributed by atoms with Gasteiger partial charge in [-0.05, 0) is 49.8 Å². The van der Waals surface area contributed by atoms with Crippen molar-refractivity contribution >= 4 is 11.8 Å². The van der Waals surface area contributed by atoms with Crippen LogP contribution in [0, 0.1) is 5.92 Å². The third-order valence-corrected chi connectivity index (χ3v) is 6.80. The lowest BCUT2D eigenvalue weighted by atomic mass is 10.1. The monoisotopic (exact) mass is 383 g/mol. The highest BCUT2D eigenvalue weighted by atomic mass is 16.2. The second-order valence-electron chi connectivity index (χ2n) is 8.79. The van der Waals surface area contributed by atoms with Crippen LogP contribution in [0.4, 0.5) is 0 Å². The van der Waals surface area contributed by atoms with Crippen LogP contribution >= 0.6 is 0 Å². The van der Waals surface area contributed by atoms with Gasteiger partial charge in [0.25, 0.3) is 5.91 Å². The average Bonchev–Trinajstić information content (AvgIpc) is 3.48. The van der Waals surface area contributed by atoms with Crippen molar-refractivity contribution in [1.82, 2.24) is 15.5 Å². The second-order valence-corrected chi connectivity index (χ2v) is 8.79. The number of carbonyl (C=O) groups excluding carboxylic acids is 2. The average molecular weight is 384 g/mol. The fourth-order valence-corrected chi connectivity index (χ4v) is 5.07. The Morgan fingerprint density at radius 2 is 1.61 bits per heavy atom. The van der Waals surface area contributed by atoms with Crippen LogP contribution in [0.5, 0.6) is 0 Å². The van der Waals surface area contributed by atoms with E-state index in [-0.39, 0.29) is 23.8 Å². The first-order valence-corrected chi connectivity index (χ1v) is 11.1. The number of rotatable bonds is 6. The Morgan fingerprint density at radius 3 is 2.32 bits per heavy atom. The van der Waals surface area contributed by atoms with Gasteiger partial charge in [-0.2, -0.15) is 0 Å². The minimum absolute atomic E-state index is 0.0137. The summed E-state index contributed by atoms with van der Waals surface area (Å²) in [6, 6.07) is 8.64. The molecule has 1 aromatic carbocycles. The van der Waals surface area contributed by atoms with Gasteiger partial charge in [0.2, 0.25) is 5.91 Å². The van der Waals surface area contributed by atoms with Crippen molar-refractivity contribution in [3.8, 4) is 0 Å². The van der Waals surface area contributed by atoms with Gasteiger partial charge >= 0.3 is 0 Å². The van der Waals surface area contributed by atoms with Crippen LogP contribution in [0.1, 0.15) is 73.7 Å². The molecular formula is C23H33N3O2. The van der Waals surface area contributed by atoms with Gasteiger partial charge < -0.3 is 10.6 Å². The molecule has 2 amide bonds. The Labute approximate surface area is 168 Å². The zero-order valence-electron chi connectivity index (χ0n) is 16.8. The van der Waals surface area contributed by atoms with E-state index in [0.717, 1.165) is 44.0 Å². The van der Waals surface area contributed by atoms with Crippen molar-refractivity contribution in [2.75, 3.05) is 13.1 Å². The number of likely N-dealkylation sites (tertiary alicyclic amines) is 1. The molecule has 1 saturated heterocycles. The van der Waals surface area contributed by atoms with Crippen molar-refractivity contribution in [1.29, 1.82) is 0 Å². The summed E-state index contributed by atoms with van der Waals surface area (Å²) >= 11 is 0. The molecule has 152 valence electrons. The summed E-state index contributed by atoms with van der Waals surface area (Å²) in [6.07, 6.45) is 10.8. The van der Waals surface area contributed by atoms with Crippen molar-refractivity contribution in [3.63, 3.8) is 0 Å². The Kier molecular flexibility index (Phi) is 6.30. The number of hydrogen-bond acceptors (Lipinski definition) is 3. The first kappa shape index (κ1) is 19.4. The van der Waals surface area contributed by atoms with E-state index in [1.165, 1.54) is 38.5 Å². The van der Waals surface area contributed by atoms with E-state index in [1.54, 1.807) is 0 Å². The normalized spacial score (nSPS) is 23.9. The van der Waals surface area contributed by atoms with E-state index in [1.807, 2.05) is 24.3 Å². The highest BCUT2D eigenvalue weighted by Gasteiger charge is 2.30. The zero-order valence-corrected chi connectivity index (χ0v) is 16.8. The predicted molar refractivity (Wildman–Crippen MR) is 110 cm³/mol. The molecule has 0 bridgehead atoms. The van der Waals surface area contributed by atoms with E-state index in [4.69, 9.17) is 0 Å². The van der Waals surface area contributed by atoms with Crippen molar-refractivity contribution in [2.24, 2.45) is 5.92 Å². The topological polar surface area (TPSA) is 61.4 Å². The van der Waals surface area contributed by atoms with Crippen LogP contribution in [-0.4, -0.2) is 41.9 Å². The van der Waals surface area contributed by atoms with Crippen LogP contribution < -0.4 is 10.6 Å². The van der Waals surface area contributed by atoms with Crippen LogP contribution in [0.3, 0.4) is 0 Å². The van der Waals surface area contributed by atoms with E-state index >= 15 is 0 Å². The Balaban J connectivity index is 1.23. The largest absolute Gasteiger partial charge is 0.352 e. The number of benzene rings is 1. The molecular weight excluding hydrogens is 350 g/mol. The van der Waals surface area contributed by atoms with Crippen LogP contribution in [0.2, 0.25) is 0 Å². The summed E-state index contributed by atoms with van der Waals surface area (Å²) in [5.41, 5.74) is 1.74. The standard InChI is InChI=1S/C23H33N3O2/c27-22(18-5-1-2-6-18)24-15-17-9-11-19(12-10-17)23(28)25-20-13-14-26(16-20)21-7-3-4-8-21/h9-12,18,20-21H,1-8,13-16H2,(H,24,27)(H,25,28). The molecule has 1 aliphatic heterocycles. The molecule has 2 saturated carbocycles. The number of amides is 2. The van der Waals surface area contributed by atoms with Crippen molar-refractivity contribution in [2.45, 2.75) is 76.4 Å². The van der Waals surface area contributed by atoms with Gasteiger partial charge in [-0.1, -0.05) is 37.8 Å². The first-order valence-electron chi connectivity index (χ1n) is 11.1. The zero-order chi connectivity index (χ0) is 19.3. The van der Waals surface area contributed by atoms with Crippen LogP contribution in [-0.2, 0) is 11.3 Å². The fourth-order valence-electron chi connectivity index (χ4n) is 5.07. The molecule has 1 aromatic rings. The maximum Gasteiger partial charge on any atom is 0.251 e. The lowest BCUT2D eigenvalue weighted by molar-refractivity contribution is -0.124. The first-order chi connectivity index (χ1) is 13.7.